The lowest BCUT2D eigenvalue weighted by Crippen LogP contribution is -2.42. The van der Waals surface area contributed by atoms with E-state index in [4.69, 9.17) is 18.9 Å². The molecule has 2 aliphatic rings. The van der Waals surface area contributed by atoms with Crippen molar-refractivity contribution in [3.63, 3.8) is 0 Å². The van der Waals surface area contributed by atoms with Crippen LogP contribution in [0, 0.1) is 0 Å². The Morgan fingerprint density at radius 3 is 2.71 bits per heavy atom. The van der Waals surface area contributed by atoms with Gasteiger partial charge in [-0.05, 0) is 35.9 Å². The molecule has 0 bridgehead atoms. The minimum Gasteiger partial charge on any atom is -0.497 e. The van der Waals surface area contributed by atoms with Crippen LogP contribution in [0.25, 0.3) is 6.08 Å². The predicted octanol–water partition coefficient (Wildman–Crippen LogP) is 3.14. The summed E-state index contributed by atoms with van der Waals surface area (Å²) in [5.41, 5.74) is 1.18. The molecule has 2 aliphatic heterocycles. The largest absolute Gasteiger partial charge is 0.497 e. The second-order valence-electron chi connectivity index (χ2n) is 6.34. The standard InChI is InChI=1S/C21H19NO6/c1-25-15-5-6-17-18(13-15)28-19(20(17)23)12-14-3-2-4-16(11-14)27-21(24)22-7-9-26-10-8-22/h2-6,11-13H,7-10H2,1H3/b19-12-. The molecular weight excluding hydrogens is 362 g/mol. The average molecular weight is 381 g/mol. The van der Waals surface area contributed by atoms with Crippen molar-refractivity contribution in [2.75, 3.05) is 33.4 Å². The molecule has 0 aromatic heterocycles. The van der Waals surface area contributed by atoms with Crippen molar-refractivity contribution in [1.29, 1.82) is 0 Å². The van der Waals surface area contributed by atoms with Gasteiger partial charge in [-0.25, -0.2) is 4.79 Å². The molecule has 7 nitrogen and oxygen atoms in total. The first kappa shape index (κ1) is 18.1. The molecule has 2 aromatic carbocycles. The maximum absolute atomic E-state index is 12.5. The maximum atomic E-state index is 12.5. The van der Waals surface area contributed by atoms with Crippen LogP contribution in [0.15, 0.2) is 48.2 Å². The fourth-order valence-corrected chi connectivity index (χ4v) is 3.02. The van der Waals surface area contributed by atoms with Crippen molar-refractivity contribution in [2.24, 2.45) is 0 Å². The molecular formula is C21H19NO6. The Kier molecular flexibility index (Phi) is 4.99. The van der Waals surface area contributed by atoms with Crippen LogP contribution in [0.4, 0.5) is 4.79 Å². The number of ketones is 1. The molecule has 0 N–H and O–H groups in total. The lowest BCUT2D eigenvalue weighted by Gasteiger charge is -2.25. The van der Waals surface area contributed by atoms with Crippen molar-refractivity contribution < 1.29 is 28.5 Å². The number of hydrogen-bond acceptors (Lipinski definition) is 6. The van der Waals surface area contributed by atoms with Crippen LogP contribution in [0.3, 0.4) is 0 Å². The van der Waals surface area contributed by atoms with Crippen LogP contribution in [-0.4, -0.2) is 50.2 Å². The summed E-state index contributed by atoms with van der Waals surface area (Å²) in [6, 6.07) is 12.0. The third-order valence-electron chi connectivity index (χ3n) is 4.51. The van der Waals surface area contributed by atoms with Gasteiger partial charge in [-0.2, -0.15) is 0 Å². The van der Waals surface area contributed by atoms with Crippen LogP contribution in [0.1, 0.15) is 15.9 Å². The summed E-state index contributed by atoms with van der Waals surface area (Å²) in [5, 5.41) is 0. The van der Waals surface area contributed by atoms with E-state index < -0.39 is 6.09 Å². The minimum atomic E-state index is -0.416. The van der Waals surface area contributed by atoms with Crippen molar-refractivity contribution >= 4 is 18.0 Å². The first-order valence-corrected chi connectivity index (χ1v) is 8.91. The van der Waals surface area contributed by atoms with E-state index >= 15 is 0 Å². The van der Waals surface area contributed by atoms with Gasteiger partial charge in [0.1, 0.15) is 17.2 Å². The molecule has 144 valence electrons. The van der Waals surface area contributed by atoms with E-state index in [2.05, 4.69) is 0 Å². The fraction of sp³-hybridized carbons (Fsp3) is 0.238. The molecule has 1 saturated heterocycles. The topological polar surface area (TPSA) is 74.3 Å². The van der Waals surface area contributed by atoms with Gasteiger partial charge >= 0.3 is 6.09 Å². The SMILES string of the molecule is COc1ccc2c(c1)O/C(=C\c1cccc(OC(=O)N3CCOCC3)c1)C2=O. The number of fused-ring (bicyclic) bond motifs is 1. The van der Waals surface area contributed by atoms with E-state index in [9.17, 15) is 9.59 Å². The normalized spacial score (nSPS) is 17.2. The highest BCUT2D eigenvalue weighted by Crippen LogP contribution is 2.35. The summed E-state index contributed by atoms with van der Waals surface area (Å²) >= 11 is 0. The van der Waals surface area contributed by atoms with Crippen molar-refractivity contribution in [2.45, 2.75) is 0 Å². The lowest BCUT2D eigenvalue weighted by atomic mass is 10.1. The van der Waals surface area contributed by atoms with E-state index in [0.717, 1.165) is 0 Å². The van der Waals surface area contributed by atoms with Gasteiger partial charge in [0.15, 0.2) is 5.76 Å². The number of allylic oxidation sites excluding steroid dienone is 1. The van der Waals surface area contributed by atoms with Gasteiger partial charge in [0, 0.05) is 19.2 Å². The summed E-state index contributed by atoms with van der Waals surface area (Å²) in [6.45, 7) is 2.03. The van der Waals surface area contributed by atoms with Gasteiger partial charge in [-0.1, -0.05) is 12.1 Å². The molecule has 4 rings (SSSR count). The Bertz CT molecular complexity index is 946. The molecule has 0 spiro atoms. The van der Waals surface area contributed by atoms with Crippen LogP contribution >= 0.6 is 0 Å². The highest BCUT2D eigenvalue weighted by molar-refractivity contribution is 6.14. The van der Waals surface area contributed by atoms with Crippen molar-refractivity contribution in [1.82, 2.24) is 4.90 Å². The van der Waals surface area contributed by atoms with Gasteiger partial charge in [0.25, 0.3) is 0 Å². The summed E-state index contributed by atoms with van der Waals surface area (Å²) in [5.74, 6) is 1.49. The predicted molar refractivity (Wildman–Crippen MR) is 101 cm³/mol. The smallest absolute Gasteiger partial charge is 0.415 e. The van der Waals surface area contributed by atoms with Gasteiger partial charge in [-0.15, -0.1) is 0 Å². The third-order valence-corrected chi connectivity index (χ3v) is 4.51. The fourth-order valence-electron chi connectivity index (χ4n) is 3.02. The number of carbonyl (C=O) groups is 2. The molecule has 2 heterocycles. The highest BCUT2D eigenvalue weighted by atomic mass is 16.6. The number of Topliss-reactive ketones (excluding diaryl/α,β-unsaturated/α-hetero) is 1. The van der Waals surface area contributed by atoms with Gasteiger partial charge in [-0.3, -0.25) is 4.79 Å². The molecule has 0 unspecified atom stereocenters. The summed E-state index contributed by atoms with van der Waals surface area (Å²) in [6.07, 6.45) is 1.21. The molecule has 0 radical (unpaired) electrons. The zero-order valence-electron chi connectivity index (χ0n) is 15.3. The number of rotatable bonds is 3. The van der Waals surface area contributed by atoms with Crippen LogP contribution in [-0.2, 0) is 4.74 Å². The number of nitrogens with zero attached hydrogens (tertiary/aromatic N) is 1. The maximum Gasteiger partial charge on any atom is 0.415 e. The molecule has 0 saturated carbocycles. The Morgan fingerprint density at radius 1 is 1.11 bits per heavy atom. The Balaban J connectivity index is 1.50. The Hall–Kier alpha value is -3.32. The second kappa shape index (κ2) is 7.74. The number of benzene rings is 2. The third kappa shape index (κ3) is 3.70. The zero-order valence-corrected chi connectivity index (χ0v) is 15.3. The van der Waals surface area contributed by atoms with Gasteiger partial charge < -0.3 is 23.8 Å². The monoisotopic (exact) mass is 381 g/mol. The molecule has 0 aliphatic carbocycles. The summed E-state index contributed by atoms with van der Waals surface area (Å²) < 4.78 is 21.5. The Labute approximate surface area is 162 Å². The second-order valence-corrected chi connectivity index (χ2v) is 6.34. The quantitative estimate of drug-likeness (QED) is 0.761. The van der Waals surface area contributed by atoms with E-state index in [1.807, 2.05) is 0 Å². The first-order chi connectivity index (χ1) is 13.6. The van der Waals surface area contributed by atoms with Crippen LogP contribution < -0.4 is 14.2 Å². The number of hydrogen-bond donors (Lipinski definition) is 0. The highest BCUT2D eigenvalue weighted by Gasteiger charge is 2.27. The zero-order chi connectivity index (χ0) is 19.5. The molecule has 7 heteroatoms. The molecule has 28 heavy (non-hydrogen) atoms. The van der Waals surface area contributed by atoms with E-state index in [0.29, 0.717) is 54.7 Å². The van der Waals surface area contributed by atoms with Gasteiger partial charge in [0.05, 0.1) is 25.9 Å². The molecule has 2 aromatic rings. The number of amides is 1. The minimum absolute atomic E-state index is 0.201. The van der Waals surface area contributed by atoms with Crippen LogP contribution in [0.5, 0.6) is 17.2 Å². The summed E-state index contributed by atoms with van der Waals surface area (Å²) in [7, 11) is 1.55. The molecule has 1 fully saturated rings. The lowest BCUT2D eigenvalue weighted by molar-refractivity contribution is 0.0416. The first-order valence-electron chi connectivity index (χ1n) is 8.91. The summed E-state index contributed by atoms with van der Waals surface area (Å²) in [4.78, 5) is 26.4. The van der Waals surface area contributed by atoms with Crippen LogP contribution in [0.2, 0.25) is 0 Å². The molecule has 1 amide bonds. The Morgan fingerprint density at radius 2 is 1.93 bits per heavy atom. The van der Waals surface area contributed by atoms with E-state index in [1.54, 1.807) is 60.6 Å². The average Bonchev–Trinajstić information content (AvgIpc) is 3.03. The van der Waals surface area contributed by atoms with Gasteiger partial charge in [0.2, 0.25) is 5.78 Å². The number of carbonyl (C=O) groups excluding carboxylic acids is 2. The number of methoxy groups -OCH3 is 1. The number of ether oxygens (including phenoxy) is 4. The number of morpholine rings is 1. The van der Waals surface area contributed by atoms with Crippen molar-refractivity contribution in [3.8, 4) is 17.2 Å². The van der Waals surface area contributed by atoms with Crippen molar-refractivity contribution in [3.05, 3.63) is 59.4 Å². The van der Waals surface area contributed by atoms with E-state index in [-0.39, 0.29) is 11.5 Å². The molecule has 0 atom stereocenters. The van der Waals surface area contributed by atoms with E-state index in [1.165, 1.54) is 0 Å².